The molecule has 2 heterocycles. The molecule has 2 aromatic rings. The zero-order valence-electron chi connectivity index (χ0n) is 16.2. The molecule has 0 aromatic carbocycles. The van der Waals surface area contributed by atoms with Crippen LogP contribution in [-0.4, -0.2) is 15.6 Å². The third kappa shape index (κ3) is 4.30. The molecular formula is C21H26N4O2. The Morgan fingerprint density at radius 1 is 1.33 bits per heavy atom. The first-order valence-electron chi connectivity index (χ1n) is 9.50. The first-order chi connectivity index (χ1) is 13.0. The molecule has 0 radical (unpaired) electrons. The number of rotatable bonds is 5. The van der Waals surface area contributed by atoms with Crippen molar-refractivity contribution in [3.8, 4) is 6.07 Å². The van der Waals surface area contributed by atoms with E-state index in [0.717, 1.165) is 17.0 Å². The summed E-state index contributed by atoms with van der Waals surface area (Å²) in [5.41, 5.74) is 4.08. The lowest BCUT2D eigenvalue weighted by atomic mass is 9.95. The van der Waals surface area contributed by atoms with Crippen LogP contribution in [0.15, 0.2) is 22.2 Å². The molecule has 1 amide bonds. The number of nitriles is 1. The van der Waals surface area contributed by atoms with Gasteiger partial charge in [-0.1, -0.05) is 24.4 Å². The number of nitrogens with zero attached hydrogens (tertiary/aromatic N) is 3. The van der Waals surface area contributed by atoms with Gasteiger partial charge in [0.1, 0.15) is 11.6 Å². The SMILES string of the molecule is Cc1cc(CNC(=O)C(C#N)=Cc2cc(C)n(C3CCCCC3)c2C)on1. The Hall–Kier alpha value is -2.81. The van der Waals surface area contributed by atoms with E-state index in [1.807, 2.05) is 13.0 Å². The molecule has 1 saturated carbocycles. The fourth-order valence-corrected chi connectivity index (χ4v) is 3.92. The van der Waals surface area contributed by atoms with E-state index < -0.39 is 5.91 Å². The van der Waals surface area contributed by atoms with Crippen LogP contribution in [0.1, 0.15) is 66.6 Å². The Balaban J connectivity index is 1.76. The van der Waals surface area contributed by atoms with Crippen LogP contribution in [0.4, 0.5) is 0 Å². The quantitative estimate of drug-likeness (QED) is 0.637. The van der Waals surface area contributed by atoms with Crippen molar-refractivity contribution >= 4 is 12.0 Å². The van der Waals surface area contributed by atoms with Crippen LogP contribution in [0.2, 0.25) is 0 Å². The maximum absolute atomic E-state index is 12.4. The van der Waals surface area contributed by atoms with Crippen molar-refractivity contribution in [1.29, 1.82) is 5.26 Å². The number of hydrogen-bond acceptors (Lipinski definition) is 4. The summed E-state index contributed by atoms with van der Waals surface area (Å²) in [6, 6.07) is 6.37. The second-order valence-corrected chi connectivity index (χ2v) is 7.28. The van der Waals surface area contributed by atoms with E-state index >= 15 is 0 Å². The van der Waals surface area contributed by atoms with Crippen LogP contribution < -0.4 is 5.32 Å². The molecule has 6 nitrogen and oxygen atoms in total. The highest BCUT2D eigenvalue weighted by Gasteiger charge is 2.20. The van der Waals surface area contributed by atoms with Crippen LogP contribution in [0.5, 0.6) is 0 Å². The molecule has 2 aromatic heterocycles. The van der Waals surface area contributed by atoms with Gasteiger partial charge in [-0.3, -0.25) is 4.79 Å². The van der Waals surface area contributed by atoms with E-state index in [1.165, 1.54) is 37.8 Å². The minimum atomic E-state index is -0.408. The molecule has 1 fully saturated rings. The van der Waals surface area contributed by atoms with Gasteiger partial charge in [-0.05, 0) is 51.3 Å². The lowest BCUT2D eigenvalue weighted by Crippen LogP contribution is -2.23. The van der Waals surface area contributed by atoms with E-state index in [1.54, 1.807) is 12.1 Å². The van der Waals surface area contributed by atoms with Crippen LogP contribution in [0, 0.1) is 32.1 Å². The molecule has 0 unspecified atom stereocenters. The Morgan fingerprint density at radius 2 is 2.07 bits per heavy atom. The summed E-state index contributed by atoms with van der Waals surface area (Å²) in [4.78, 5) is 12.4. The number of carbonyl (C=O) groups is 1. The number of amides is 1. The number of carbonyl (C=O) groups excluding carboxylic acids is 1. The first kappa shape index (κ1) is 19.0. The van der Waals surface area contributed by atoms with Gasteiger partial charge < -0.3 is 14.4 Å². The minimum absolute atomic E-state index is 0.0927. The third-order valence-electron chi connectivity index (χ3n) is 5.23. The zero-order valence-corrected chi connectivity index (χ0v) is 16.2. The number of aromatic nitrogens is 2. The summed E-state index contributed by atoms with van der Waals surface area (Å²) in [6.45, 7) is 6.19. The molecule has 1 aliphatic carbocycles. The predicted molar refractivity (Wildman–Crippen MR) is 103 cm³/mol. The van der Waals surface area contributed by atoms with Gasteiger partial charge in [0, 0.05) is 23.5 Å². The van der Waals surface area contributed by atoms with E-state index in [2.05, 4.69) is 35.0 Å². The zero-order chi connectivity index (χ0) is 19.4. The highest BCUT2D eigenvalue weighted by molar-refractivity contribution is 6.01. The molecule has 1 aliphatic rings. The highest BCUT2D eigenvalue weighted by atomic mass is 16.5. The number of hydrogen-bond donors (Lipinski definition) is 1. The van der Waals surface area contributed by atoms with Gasteiger partial charge in [-0.25, -0.2) is 0 Å². The second kappa shape index (κ2) is 8.26. The molecule has 3 rings (SSSR count). The van der Waals surface area contributed by atoms with Gasteiger partial charge in [-0.2, -0.15) is 5.26 Å². The average Bonchev–Trinajstić information content (AvgIpc) is 3.20. The van der Waals surface area contributed by atoms with Gasteiger partial charge >= 0.3 is 0 Å². The van der Waals surface area contributed by atoms with Crippen molar-refractivity contribution in [2.45, 2.75) is 65.5 Å². The maximum Gasteiger partial charge on any atom is 0.262 e. The summed E-state index contributed by atoms with van der Waals surface area (Å²) in [7, 11) is 0. The predicted octanol–water partition coefficient (Wildman–Crippen LogP) is 4.13. The molecule has 0 aliphatic heterocycles. The standard InChI is InChI=1S/C21H26N4O2/c1-14-9-20(27-24-14)13-23-21(26)18(12-22)11-17-10-15(2)25(16(17)3)19-7-5-4-6-8-19/h9-11,19H,4-8,13H2,1-3H3,(H,23,26). The molecule has 142 valence electrons. The van der Waals surface area contributed by atoms with Crippen LogP contribution >= 0.6 is 0 Å². The Labute approximate surface area is 159 Å². The topological polar surface area (TPSA) is 83.9 Å². The molecule has 0 bridgehead atoms. The highest BCUT2D eigenvalue weighted by Crippen LogP contribution is 2.32. The summed E-state index contributed by atoms with van der Waals surface area (Å²) in [5, 5.41) is 16.0. The Bertz CT molecular complexity index is 892. The summed E-state index contributed by atoms with van der Waals surface area (Å²) in [5.74, 6) is 0.155. The summed E-state index contributed by atoms with van der Waals surface area (Å²) >= 11 is 0. The summed E-state index contributed by atoms with van der Waals surface area (Å²) < 4.78 is 7.45. The van der Waals surface area contributed by atoms with Crippen molar-refractivity contribution in [3.63, 3.8) is 0 Å². The molecule has 0 atom stereocenters. The van der Waals surface area contributed by atoms with Crippen LogP contribution in [0.25, 0.3) is 6.08 Å². The average molecular weight is 366 g/mol. The van der Waals surface area contributed by atoms with Crippen LogP contribution in [0.3, 0.4) is 0 Å². The van der Waals surface area contributed by atoms with E-state index in [0.29, 0.717) is 11.8 Å². The lowest BCUT2D eigenvalue weighted by molar-refractivity contribution is -0.117. The smallest absolute Gasteiger partial charge is 0.262 e. The third-order valence-corrected chi connectivity index (χ3v) is 5.23. The van der Waals surface area contributed by atoms with Gasteiger partial charge in [0.05, 0.1) is 12.2 Å². The monoisotopic (exact) mass is 366 g/mol. The minimum Gasteiger partial charge on any atom is -0.359 e. The van der Waals surface area contributed by atoms with E-state index in [4.69, 9.17) is 4.52 Å². The summed E-state index contributed by atoms with van der Waals surface area (Å²) in [6.07, 6.45) is 7.91. The van der Waals surface area contributed by atoms with Crippen LogP contribution in [-0.2, 0) is 11.3 Å². The lowest BCUT2D eigenvalue weighted by Gasteiger charge is -2.26. The first-order valence-corrected chi connectivity index (χ1v) is 9.50. The Kier molecular flexibility index (Phi) is 5.80. The molecule has 1 N–H and O–H groups in total. The molecule has 0 spiro atoms. The molecule has 27 heavy (non-hydrogen) atoms. The molecule has 0 saturated heterocycles. The molecular weight excluding hydrogens is 340 g/mol. The largest absolute Gasteiger partial charge is 0.359 e. The van der Waals surface area contributed by atoms with Gasteiger partial charge in [0.15, 0.2) is 5.76 Å². The second-order valence-electron chi connectivity index (χ2n) is 7.28. The van der Waals surface area contributed by atoms with E-state index in [9.17, 15) is 10.1 Å². The normalized spacial score (nSPS) is 15.6. The maximum atomic E-state index is 12.4. The fourth-order valence-electron chi connectivity index (χ4n) is 3.92. The van der Waals surface area contributed by atoms with Crippen molar-refractivity contribution in [2.75, 3.05) is 0 Å². The van der Waals surface area contributed by atoms with Gasteiger partial charge in [0.2, 0.25) is 0 Å². The van der Waals surface area contributed by atoms with Crippen molar-refractivity contribution in [3.05, 3.63) is 46.1 Å². The van der Waals surface area contributed by atoms with E-state index in [-0.39, 0.29) is 12.1 Å². The fraction of sp³-hybridized carbons (Fsp3) is 0.476. The van der Waals surface area contributed by atoms with Gasteiger partial charge in [0.25, 0.3) is 5.91 Å². The van der Waals surface area contributed by atoms with Gasteiger partial charge in [-0.15, -0.1) is 0 Å². The molecule has 6 heteroatoms. The van der Waals surface area contributed by atoms with Crippen molar-refractivity contribution in [2.24, 2.45) is 0 Å². The van der Waals surface area contributed by atoms with Crippen molar-refractivity contribution < 1.29 is 9.32 Å². The number of nitrogens with one attached hydrogen (secondary N) is 1. The Morgan fingerprint density at radius 3 is 2.70 bits per heavy atom. The number of aryl methyl sites for hydroxylation is 2. The van der Waals surface area contributed by atoms with Crippen molar-refractivity contribution in [1.82, 2.24) is 15.0 Å².